The first kappa shape index (κ1) is 10.5. The van der Waals surface area contributed by atoms with E-state index in [-0.39, 0.29) is 6.29 Å². The zero-order valence-electron chi connectivity index (χ0n) is 6.60. The number of rotatable bonds is 1. The van der Waals surface area contributed by atoms with Crippen molar-refractivity contribution in [3.63, 3.8) is 0 Å². The van der Waals surface area contributed by atoms with Gasteiger partial charge in [-0.2, -0.15) is 13.2 Å². The van der Waals surface area contributed by atoms with Crippen molar-refractivity contribution in [3.8, 4) is 5.75 Å². The van der Waals surface area contributed by atoms with Gasteiger partial charge in [-0.15, -0.1) is 0 Å². The first-order valence-corrected chi connectivity index (χ1v) is 3.41. The lowest BCUT2D eigenvalue weighted by molar-refractivity contribution is -0.138. The molecule has 14 heavy (non-hydrogen) atoms. The van der Waals surface area contributed by atoms with E-state index < -0.39 is 28.9 Å². The van der Waals surface area contributed by atoms with E-state index in [0.29, 0.717) is 12.1 Å². The summed E-state index contributed by atoms with van der Waals surface area (Å²) in [6.07, 6.45) is -4.98. The first-order chi connectivity index (χ1) is 6.38. The molecule has 0 fully saturated rings. The number of phenolic OH excluding ortho intramolecular Hbond substituents is 1. The largest absolute Gasteiger partial charge is 0.506 e. The second-order valence-electron chi connectivity index (χ2n) is 2.47. The van der Waals surface area contributed by atoms with Gasteiger partial charge in [-0.05, 0) is 12.1 Å². The Labute approximate surface area is 75.8 Å². The number of carbonyl (C=O) groups is 1. The minimum absolute atomic E-state index is 0.167. The van der Waals surface area contributed by atoms with Crippen LogP contribution in [0.5, 0.6) is 5.75 Å². The molecule has 2 nitrogen and oxygen atoms in total. The van der Waals surface area contributed by atoms with Crippen LogP contribution >= 0.6 is 0 Å². The van der Waals surface area contributed by atoms with Gasteiger partial charge < -0.3 is 5.11 Å². The van der Waals surface area contributed by atoms with Crippen molar-refractivity contribution in [3.05, 3.63) is 29.1 Å². The SMILES string of the molecule is O=Cc1c(F)ccc(C(F)(F)F)c1O. The van der Waals surface area contributed by atoms with E-state index >= 15 is 0 Å². The van der Waals surface area contributed by atoms with Gasteiger partial charge in [-0.1, -0.05) is 0 Å². The lowest BCUT2D eigenvalue weighted by Gasteiger charge is -2.09. The lowest BCUT2D eigenvalue weighted by atomic mass is 10.1. The summed E-state index contributed by atoms with van der Waals surface area (Å²) in [5, 5.41) is 8.91. The third-order valence-corrected chi connectivity index (χ3v) is 1.59. The summed E-state index contributed by atoms with van der Waals surface area (Å²) >= 11 is 0. The van der Waals surface area contributed by atoms with E-state index in [4.69, 9.17) is 5.11 Å². The molecule has 0 bridgehead atoms. The molecule has 1 N–H and O–H groups in total. The van der Waals surface area contributed by atoms with Crippen LogP contribution < -0.4 is 0 Å². The van der Waals surface area contributed by atoms with Crippen molar-refractivity contribution >= 4 is 6.29 Å². The summed E-state index contributed by atoms with van der Waals surface area (Å²) in [4.78, 5) is 10.2. The Bertz CT molecular complexity index is 370. The summed E-state index contributed by atoms with van der Waals surface area (Å²) in [5.41, 5.74) is -2.42. The van der Waals surface area contributed by atoms with Crippen LogP contribution in [0.2, 0.25) is 0 Å². The maximum absolute atomic E-state index is 12.7. The molecule has 6 heteroatoms. The fourth-order valence-electron chi connectivity index (χ4n) is 0.924. The van der Waals surface area contributed by atoms with Gasteiger partial charge in [0.15, 0.2) is 6.29 Å². The summed E-state index contributed by atoms with van der Waals surface area (Å²) in [7, 11) is 0. The van der Waals surface area contributed by atoms with Gasteiger partial charge in [0.2, 0.25) is 0 Å². The molecule has 0 heterocycles. The Morgan fingerprint density at radius 1 is 1.29 bits per heavy atom. The van der Waals surface area contributed by atoms with Gasteiger partial charge in [0, 0.05) is 0 Å². The van der Waals surface area contributed by atoms with Gasteiger partial charge in [0.25, 0.3) is 0 Å². The number of hydrogen-bond donors (Lipinski definition) is 1. The summed E-state index contributed by atoms with van der Waals surface area (Å²) in [5.74, 6) is -2.57. The highest BCUT2D eigenvalue weighted by Gasteiger charge is 2.35. The van der Waals surface area contributed by atoms with Crippen LogP contribution in [0.25, 0.3) is 0 Å². The molecule has 0 aliphatic heterocycles. The van der Waals surface area contributed by atoms with E-state index in [9.17, 15) is 22.4 Å². The molecule has 0 atom stereocenters. The highest BCUT2D eigenvalue weighted by atomic mass is 19.4. The molecule has 0 unspecified atom stereocenters. The molecule has 0 aliphatic rings. The molecule has 0 aromatic heterocycles. The minimum atomic E-state index is -4.81. The van der Waals surface area contributed by atoms with Crippen molar-refractivity contribution < 1.29 is 27.5 Å². The average molecular weight is 208 g/mol. The first-order valence-electron chi connectivity index (χ1n) is 3.41. The molecule has 0 saturated carbocycles. The molecule has 1 aromatic rings. The quantitative estimate of drug-likeness (QED) is 0.568. The standard InChI is InChI=1S/C8H4F4O2/c9-6-2-1-5(8(10,11)12)7(14)4(6)3-13/h1-3,14H. The fourth-order valence-corrected chi connectivity index (χ4v) is 0.924. The molecule has 1 aromatic carbocycles. The Hall–Kier alpha value is -1.59. The number of aromatic hydroxyl groups is 1. The number of alkyl halides is 3. The number of benzene rings is 1. The van der Waals surface area contributed by atoms with Crippen LogP contribution in [0.3, 0.4) is 0 Å². The van der Waals surface area contributed by atoms with E-state index in [1.807, 2.05) is 0 Å². The van der Waals surface area contributed by atoms with Gasteiger partial charge in [0.1, 0.15) is 11.6 Å². The van der Waals surface area contributed by atoms with Crippen molar-refractivity contribution in [2.75, 3.05) is 0 Å². The third kappa shape index (κ3) is 1.68. The lowest BCUT2D eigenvalue weighted by Crippen LogP contribution is -2.07. The molecular weight excluding hydrogens is 204 g/mol. The van der Waals surface area contributed by atoms with Crippen molar-refractivity contribution in [2.24, 2.45) is 0 Å². The second-order valence-corrected chi connectivity index (χ2v) is 2.47. The van der Waals surface area contributed by atoms with Crippen LogP contribution in [0.4, 0.5) is 17.6 Å². The Kier molecular flexibility index (Phi) is 2.46. The Morgan fingerprint density at radius 2 is 1.86 bits per heavy atom. The zero-order valence-corrected chi connectivity index (χ0v) is 6.60. The van der Waals surface area contributed by atoms with Crippen molar-refractivity contribution in [1.82, 2.24) is 0 Å². The topological polar surface area (TPSA) is 37.3 Å². The van der Waals surface area contributed by atoms with E-state index in [2.05, 4.69) is 0 Å². The van der Waals surface area contributed by atoms with Crippen molar-refractivity contribution in [2.45, 2.75) is 6.18 Å². The molecule has 0 amide bonds. The summed E-state index contributed by atoms with van der Waals surface area (Å²) in [6.45, 7) is 0. The van der Waals surface area contributed by atoms with Gasteiger partial charge in [-0.25, -0.2) is 4.39 Å². The second kappa shape index (κ2) is 3.28. The summed E-state index contributed by atoms with van der Waals surface area (Å²) < 4.78 is 49.0. The normalized spacial score (nSPS) is 11.4. The van der Waals surface area contributed by atoms with Crippen molar-refractivity contribution in [1.29, 1.82) is 0 Å². The number of halogens is 4. The minimum Gasteiger partial charge on any atom is -0.506 e. The van der Waals surface area contributed by atoms with Crippen LogP contribution in [-0.4, -0.2) is 11.4 Å². The number of carbonyl (C=O) groups excluding carboxylic acids is 1. The highest BCUT2D eigenvalue weighted by Crippen LogP contribution is 2.37. The maximum Gasteiger partial charge on any atom is 0.419 e. The van der Waals surface area contributed by atoms with E-state index in [1.54, 1.807) is 0 Å². The molecule has 0 aliphatic carbocycles. The smallest absolute Gasteiger partial charge is 0.419 e. The van der Waals surface area contributed by atoms with Gasteiger partial charge >= 0.3 is 6.18 Å². The van der Waals surface area contributed by atoms with E-state index in [1.165, 1.54) is 0 Å². The monoisotopic (exact) mass is 208 g/mol. The molecule has 0 spiro atoms. The van der Waals surface area contributed by atoms with Gasteiger partial charge in [-0.3, -0.25) is 4.79 Å². The number of hydrogen-bond acceptors (Lipinski definition) is 2. The zero-order chi connectivity index (χ0) is 10.9. The van der Waals surface area contributed by atoms with Crippen LogP contribution in [-0.2, 0) is 6.18 Å². The molecule has 1 rings (SSSR count). The molecule has 76 valence electrons. The number of phenols is 1. The van der Waals surface area contributed by atoms with E-state index in [0.717, 1.165) is 0 Å². The maximum atomic E-state index is 12.7. The van der Waals surface area contributed by atoms with Crippen LogP contribution in [0.15, 0.2) is 12.1 Å². The van der Waals surface area contributed by atoms with Crippen LogP contribution in [0.1, 0.15) is 15.9 Å². The summed E-state index contributed by atoms with van der Waals surface area (Å²) in [6, 6.07) is 0.851. The predicted molar refractivity (Wildman–Crippen MR) is 38.5 cm³/mol. The van der Waals surface area contributed by atoms with Gasteiger partial charge in [0.05, 0.1) is 11.1 Å². The molecule has 0 radical (unpaired) electrons. The Morgan fingerprint density at radius 3 is 2.29 bits per heavy atom. The third-order valence-electron chi connectivity index (χ3n) is 1.59. The average Bonchev–Trinajstić information content (AvgIpc) is 2.02. The number of aldehydes is 1. The predicted octanol–water partition coefficient (Wildman–Crippen LogP) is 2.36. The Balaban J connectivity index is 3.43. The fraction of sp³-hybridized carbons (Fsp3) is 0.125. The van der Waals surface area contributed by atoms with Crippen LogP contribution in [0, 0.1) is 5.82 Å². The highest BCUT2D eigenvalue weighted by molar-refractivity contribution is 5.80. The molecule has 0 saturated heterocycles. The molecular formula is C8H4F4O2.